The van der Waals surface area contributed by atoms with Crippen LogP contribution in [0.3, 0.4) is 0 Å². The van der Waals surface area contributed by atoms with Crippen LogP contribution in [-0.4, -0.2) is 4.87 Å². The molecule has 0 spiro atoms. The van der Waals surface area contributed by atoms with Crippen LogP contribution in [0.1, 0.15) is 27.2 Å². The number of allylic oxidation sites excluding steroid dienone is 4. The van der Waals surface area contributed by atoms with Crippen molar-refractivity contribution in [3.8, 4) is 0 Å². The van der Waals surface area contributed by atoms with Crippen LogP contribution in [0.25, 0.3) is 0 Å². The van der Waals surface area contributed by atoms with Crippen LogP contribution in [0.5, 0.6) is 0 Å². The molecule has 0 aromatic carbocycles. The van der Waals surface area contributed by atoms with E-state index in [9.17, 15) is 0 Å². The highest BCUT2D eigenvalue weighted by molar-refractivity contribution is 6.27. The molecule has 0 saturated carbocycles. The van der Waals surface area contributed by atoms with Gasteiger partial charge in [-0.3, -0.25) is 0 Å². The predicted molar refractivity (Wildman–Crippen MR) is 46.4 cm³/mol. The first-order chi connectivity index (χ1) is 4.54. The Morgan fingerprint density at radius 2 is 2.10 bits per heavy atom. The first kappa shape index (κ1) is 7.87. The van der Waals surface area contributed by atoms with Crippen LogP contribution in [-0.2, 0) is 0 Å². The van der Waals surface area contributed by atoms with E-state index in [-0.39, 0.29) is 4.87 Å². The van der Waals surface area contributed by atoms with Gasteiger partial charge in [-0.1, -0.05) is 17.7 Å². The molecule has 1 unspecified atom stereocenters. The fourth-order valence-electron chi connectivity index (χ4n) is 1.15. The smallest absolute Gasteiger partial charge is 0.0807 e. The SMILES string of the molecule is CC1=C(C)C(C)(Cl)C=CC1. The molecule has 1 atom stereocenters. The molecular formula is C9H13Cl. The lowest BCUT2D eigenvalue weighted by molar-refractivity contribution is 0.849. The third-order valence-electron chi connectivity index (χ3n) is 2.23. The lowest BCUT2D eigenvalue weighted by atomic mass is 9.90. The fraction of sp³-hybridized carbons (Fsp3) is 0.556. The van der Waals surface area contributed by atoms with E-state index >= 15 is 0 Å². The molecule has 0 heterocycles. The van der Waals surface area contributed by atoms with Gasteiger partial charge in [0.05, 0.1) is 4.87 Å². The van der Waals surface area contributed by atoms with Gasteiger partial charge >= 0.3 is 0 Å². The monoisotopic (exact) mass is 156 g/mol. The first-order valence-electron chi connectivity index (χ1n) is 3.57. The summed E-state index contributed by atoms with van der Waals surface area (Å²) in [6.45, 7) is 6.27. The van der Waals surface area contributed by atoms with Crippen LogP contribution in [0, 0.1) is 0 Å². The molecule has 1 heteroatoms. The molecule has 0 saturated heterocycles. The Morgan fingerprint density at radius 1 is 1.50 bits per heavy atom. The van der Waals surface area contributed by atoms with Crippen LogP contribution < -0.4 is 0 Å². The topological polar surface area (TPSA) is 0 Å². The van der Waals surface area contributed by atoms with E-state index < -0.39 is 0 Å². The summed E-state index contributed by atoms with van der Waals surface area (Å²) in [5, 5.41) is 0. The Balaban J connectivity index is 2.97. The van der Waals surface area contributed by atoms with Gasteiger partial charge in [0.2, 0.25) is 0 Å². The third kappa shape index (κ3) is 1.27. The predicted octanol–water partition coefficient (Wildman–Crippen LogP) is 3.28. The highest BCUT2D eigenvalue weighted by atomic mass is 35.5. The maximum Gasteiger partial charge on any atom is 0.0807 e. The number of hydrogen-bond donors (Lipinski definition) is 0. The van der Waals surface area contributed by atoms with Gasteiger partial charge in [-0.25, -0.2) is 0 Å². The molecule has 0 amide bonds. The average Bonchev–Trinajstić information content (AvgIpc) is 1.83. The molecule has 10 heavy (non-hydrogen) atoms. The Hall–Kier alpha value is -0.230. The molecule has 0 fully saturated rings. The van der Waals surface area contributed by atoms with Gasteiger partial charge in [0.25, 0.3) is 0 Å². The average molecular weight is 157 g/mol. The van der Waals surface area contributed by atoms with Crippen molar-refractivity contribution < 1.29 is 0 Å². The van der Waals surface area contributed by atoms with Crippen molar-refractivity contribution in [1.82, 2.24) is 0 Å². The second-order valence-corrected chi connectivity index (χ2v) is 3.87. The van der Waals surface area contributed by atoms with Crippen LogP contribution in [0.2, 0.25) is 0 Å². The van der Waals surface area contributed by atoms with Crippen LogP contribution >= 0.6 is 11.6 Å². The minimum atomic E-state index is -0.220. The summed E-state index contributed by atoms with van der Waals surface area (Å²) in [6, 6.07) is 0. The van der Waals surface area contributed by atoms with Crippen molar-refractivity contribution in [2.75, 3.05) is 0 Å². The number of hydrogen-bond acceptors (Lipinski definition) is 0. The molecule has 56 valence electrons. The molecule has 1 rings (SSSR count). The molecule has 1 aliphatic rings. The molecule has 0 nitrogen and oxygen atoms in total. The van der Waals surface area contributed by atoms with E-state index in [2.05, 4.69) is 26.0 Å². The van der Waals surface area contributed by atoms with E-state index in [0.29, 0.717) is 0 Å². The van der Waals surface area contributed by atoms with Gasteiger partial charge in [0.15, 0.2) is 0 Å². The van der Waals surface area contributed by atoms with Crippen molar-refractivity contribution in [3.05, 3.63) is 23.3 Å². The largest absolute Gasteiger partial charge is 0.110 e. The second kappa shape index (κ2) is 2.43. The molecule has 0 aliphatic heterocycles. The van der Waals surface area contributed by atoms with Gasteiger partial charge in [-0.05, 0) is 32.8 Å². The quantitative estimate of drug-likeness (QED) is 0.373. The molecular weight excluding hydrogens is 144 g/mol. The minimum Gasteiger partial charge on any atom is -0.110 e. The van der Waals surface area contributed by atoms with Crippen molar-refractivity contribution >= 4 is 11.6 Å². The lowest BCUT2D eigenvalue weighted by Crippen LogP contribution is -2.18. The first-order valence-corrected chi connectivity index (χ1v) is 3.95. The van der Waals surface area contributed by atoms with Gasteiger partial charge in [0, 0.05) is 0 Å². The zero-order valence-corrected chi connectivity index (χ0v) is 7.50. The summed E-state index contributed by atoms with van der Waals surface area (Å²) in [5.41, 5.74) is 2.71. The van der Waals surface area contributed by atoms with E-state index in [1.807, 2.05) is 6.92 Å². The molecule has 0 aromatic heterocycles. The minimum absolute atomic E-state index is 0.220. The maximum absolute atomic E-state index is 6.17. The zero-order chi connectivity index (χ0) is 7.78. The maximum atomic E-state index is 6.17. The molecule has 0 aromatic rings. The van der Waals surface area contributed by atoms with Gasteiger partial charge in [-0.2, -0.15) is 0 Å². The van der Waals surface area contributed by atoms with Crippen molar-refractivity contribution in [2.24, 2.45) is 0 Å². The fourth-order valence-corrected chi connectivity index (χ4v) is 1.40. The van der Waals surface area contributed by atoms with Gasteiger partial charge in [-0.15, -0.1) is 11.6 Å². The van der Waals surface area contributed by atoms with E-state index in [1.165, 1.54) is 11.1 Å². The summed E-state index contributed by atoms with van der Waals surface area (Å²) in [6.07, 6.45) is 5.26. The number of rotatable bonds is 0. The van der Waals surface area contributed by atoms with Crippen molar-refractivity contribution in [3.63, 3.8) is 0 Å². The Labute approximate surface area is 67.6 Å². The van der Waals surface area contributed by atoms with Crippen LogP contribution in [0.4, 0.5) is 0 Å². The molecule has 0 radical (unpaired) electrons. The number of alkyl halides is 1. The van der Waals surface area contributed by atoms with Crippen molar-refractivity contribution in [2.45, 2.75) is 32.1 Å². The summed E-state index contributed by atoms with van der Waals surface area (Å²) in [4.78, 5) is -0.220. The Bertz CT molecular complexity index is 197. The summed E-state index contributed by atoms with van der Waals surface area (Å²) < 4.78 is 0. The highest BCUT2D eigenvalue weighted by Crippen LogP contribution is 2.33. The Morgan fingerprint density at radius 3 is 2.50 bits per heavy atom. The summed E-state index contributed by atoms with van der Waals surface area (Å²) in [7, 11) is 0. The van der Waals surface area contributed by atoms with Gasteiger partial charge in [0.1, 0.15) is 0 Å². The molecule has 0 bridgehead atoms. The second-order valence-electron chi connectivity index (χ2n) is 3.09. The lowest BCUT2D eigenvalue weighted by Gasteiger charge is -2.24. The van der Waals surface area contributed by atoms with E-state index in [4.69, 9.17) is 11.6 Å². The summed E-state index contributed by atoms with van der Waals surface area (Å²) in [5.74, 6) is 0. The van der Waals surface area contributed by atoms with Gasteiger partial charge < -0.3 is 0 Å². The van der Waals surface area contributed by atoms with Crippen molar-refractivity contribution in [1.29, 1.82) is 0 Å². The summed E-state index contributed by atoms with van der Waals surface area (Å²) >= 11 is 6.17. The normalized spacial score (nSPS) is 33.2. The van der Waals surface area contributed by atoms with E-state index in [1.54, 1.807) is 0 Å². The standard InChI is InChI=1S/C9H13Cl/c1-7-5-4-6-9(3,10)8(7)2/h4,6H,5H2,1-3H3. The molecule has 1 aliphatic carbocycles. The third-order valence-corrected chi connectivity index (χ3v) is 2.64. The number of halogens is 1. The van der Waals surface area contributed by atoms with E-state index in [0.717, 1.165) is 6.42 Å². The zero-order valence-electron chi connectivity index (χ0n) is 6.74. The van der Waals surface area contributed by atoms with Crippen LogP contribution in [0.15, 0.2) is 23.3 Å². The highest BCUT2D eigenvalue weighted by Gasteiger charge is 2.22. The molecule has 0 N–H and O–H groups in total. The Kier molecular flexibility index (Phi) is 1.91.